The summed E-state index contributed by atoms with van der Waals surface area (Å²) in [5.41, 5.74) is 3.01. The van der Waals surface area contributed by atoms with Crippen LogP contribution in [0.4, 0.5) is 5.69 Å². The SMILES string of the molecule is Clc1ccc(OCc2cccc3ccccc23)c(CNc2ccccc2Cl)c1. The molecule has 0 fully saturated rings. The highest BCUT2D eigenvalue weighted by Crippen LogP contribution is 2.28. The first-order valence-electron chi connectivity index (χ1n) is 9.07. The van der Waals surface area contributed by atoms with Gasteiger partial charge in [-0.3, -0.25) is 0 Å². The van der Waals surface area contributed by atoms with Gasteiger partial charge >= 0.3 is 0 Å². The quantitative estimate of drug-likeness (QED) is 0.360. The molecule has 0 bridgehead atoms. The molecular formula is C24H19Cl2NO. The number of hydrogen-bond donors (Lipinski definition) is 1. The second-order valence-corrected chi connectivity index (χ2v) is 7.36. The van der Waals surface area contributed by atoms with E-state index in [1.165, 1.54) is 10.8 Å². The van der Waals surface area contributed by atoms with E-state index in [9.17, 15) is 0 Å². The molecule has 0 amide bonds. The van der Waals surface area contributed by atoms with Gasteiger partial charge in [-0.1, -0.05) is 77.8 Å². The summed E-state index contributed by atoms with van der Waals surface area (Å²) in [7, 11) is 0. The highest BCUT2D eigenvalue weighted by molar-refractivity contribution is 6.33. The lowest BCUT2D eigenvalue weighted by molar-refractivity contribution is 0.305. The summed E-state index contributed by atoms with van der Waals surface area (Å²) < 4.78 is 6.17. The van der Waals surface area contributed by atoms with Gasteiger partial charge in [0.25, 0.3) is 0 Å². The van der Waals surface area contributed by atoms with Crippen molar-refractivity contribution in [3.05, 3.63) is 106 Å². The molecule has 1 N–H and O–H groups in total. The van der Waals surface area contributed by atoms with Crippen LogP contribution in [0.5, 0.6) is 5.75 Å². The highest BCUT2D eigenvalue weighted by Gasteiger charge is 2.08. The molecule has 4 aromatic rings. The van der Waals surface area contributed by atoms with Crippen molar-refractivity contribution < 1.29 is 4.74 Å². The molecule has 2 nitrogen and oxygen atoms in total. The monoisotopic (exact) mass is 407 g/mol. The summed E-state index contributed by atoms with van der Waals surface area (Å²) in [4.78, 5) is 0. The maximum atomic E-state index is 6.24. The number of benzene rings is 4. The number of rotatable bonds is 6. The molecule has 0 radical (unpaired) electrons. The number of halogens is 2. The molecule has 0 aliphatic carbocycles. The van der Waals surface area contributed by atoms with Crippen molar-refractivity contribution in [3.63, 3.8) is 0 Å². The summed E-state index contributed by atoms with van der Waals surface area (Å²) in [5, 5.41) is 7.12. The molecule has 0 aliphatic rings. The average molecular weight is 408 g/mol. The van der Waals surface area contributed by atoms with Crippen molar-refractivity contribution in [2.24, 2.45) is 0 Å². The topological polar surface area (TPSA) is 21.3 Å². The van der Waals surface area contributed by atoms with E-state index in [0.29, 0.717) is 23.2 Å². The molecule has 0 aliphatic heterocycles. The van der Waals surface area contributed by atoms with Crippen LogP contribution < -0.4 is 10.1 Å². The molecule has 4 aromatic carbocycles. The fourth-order valence-electron chi connectivity index (χ4n) is 3.20. The highest BCUT2D eigenvalue weighted by atomic mass is 35.5. The van der Waals surface area contributed by atoms with Crippen LogP contribution in [0.25, 0.3) is 10.8 Å². The van der Waals surface area contributed by atoms with E-state index in [2.05, 4.69) is 35.6 Å². The summed E-state index contributed by atoms with van der Waals surface area (Å²) in [6.07, 6.45) is 0. The molecular weight excluding hydrogens is 389 g/mol. The number of nitrogens with one attached hydrogen (secondary N) is 1. The predicted octanol–water partition coefficient (Wildman–Crippen LogP) is 7.34. The van der Waals surface area contributed by atoms with Crippen LogP contribution >= 0.6 is 23.2 Å². The van der Waals surface area contributed by atoms with E-state index in [-0.39, 0.29) is 0 Å². The van der Waals surface area contributed by atoms with E-state index in [0.717, 1.165) is 22.6 Å². The smallest absolute Gasteiger partial charge is 0.124 e. The normalized spacial score (nSPS) is 10.8. The van der Waals surface area contributed by atoms with Gasteiger partial charge in [0.1, 0.15) is 12.4 Å². The zero-order valence-corrected chi connectivity index (χ0v) is 16.7. The third-order valence-electron chi connectivity index (χ3n) is 4.63. The third kappa shape index (κ3) is 4.24. The van der Waals surface area contributed by atoms with Crippen molar-refractivity contribution in [1.82, 2.24) is 0 Å². The van der Waals surface area contributed by atoms with Crippen molar-refractivity contribution in [2.45, 2.75) is 13.2 Å². The fraction of sp³-hybridized carbons (Fsp3) is 0.0833. The number of fused-ring (bicyclic) bond motifs is 1. The molecule has 0 unspecified atom stereocenters. The van der Waals surface area contributed by atoms with E-state index in [1.54, 1.807) is 0 Å². The molecule has 0 saturated carbocycles. The van der Waals surface area contributed by atoms with Gasteiger partial charge in [0, 0.05) is 17.1 Å². The molecule has 0 atom stereocenters. The van der Waals surface area contributed by atoms with Gasteiger partial charge < -0.3 is 10.1 Å². The number of anilines is 1. The van der Waals surface area contributed by atoms with Crippen LogP contribution in [-0.4, -0.2) is 0 Å². The van der Waals surface area contributed by atoms with Gasteiger partial charge in [-0.2, -0.15) is 0 Å². The van der Waals surface area contributed by atoms with Gasteiger partial charge in [-0.25, -0.2) is 0 Å². The second-order valence-electron chi connectivity index (χ2n) is 6.51. The van der Waals surface area contributed by atoms with Crippen LogP contribution in [0.15, 0.2) is 84.9 Å². The largest absolute Gasteiger partial charge is 0.489 e. The molecule has 0 spiro atoms. The van der Waals surface area contributed by atoms with Crippen LogP contribution in [0.1, 0.15) is 11.1 Å². The molecule has 4 rings (SSSR count). The van der Waals surface area contributed by atoms with Crippen molar-refractivity contribution >= 4 is 39.7 Å². The lowest BCUT2D eigenvalue weighted by atomic mass is 10.1. The average Bonchev–Trinajstić information content (AvgIpc) is 2.72. The zero-order valence-electron chi connectivity index (χ0n) is 15.2. The van der Waals surface area contributed by atoms with E-state index < -0.39 is 0 Å². The minimum Gasteiger partial charge on any atom is -0.489 e. The predicted molar refractivity (Wildman–Crippen MR) is 119 cm³/mol. The summed E-state index contributed by atoms with van der Waals surface area (Å²) >= 11 is 12.5. The van der Waals surface area contributed by atoms with Gasteiger partial charge in [0.05, 0.1) is 10.7 Å². The van der Waals surface area contributed by atoms with Crippen molar-refractivity contribution in [2.75, 3.05) is 5.32 Å². The Kier molecular flexibility index (Phi) is 5.70. The summed E-state index contributed by atoms with van der Waals surface area (Å²) in [6, 6.07) is 27.9. The Balaban J connectivity index is 1.54. The first kappa shape index (κ1) is 18.7. The van der Waals surface area contributed by atoms with E-state index in [1.807, 2.05) is 54.6 Å². The van der Waals surface area contributed by atoms with Crippen molar-refractivity contribution in [3.8, 4) is 5.75 Å². The van der Waals surface area contributed by atoms with Crippen LogP contribution in [0.3, 0.4) is 0 Å². The summed E-state index contributed by atoms with van der Waals surface area (Å²) in [6.45, 7) is 1.05. The maximum Gasteiger partial charge on any atom is 0.124 e. The Morgan fingerprint density at radius 3 is 2.43 bits per heavy atom. The van der Waals surface area contributed by atoms with Gasteiger partial charge in [-0.15, -0.1) is 0 Å². The molecule has 0 aromatic heterocycles. The fourth-order valence-corrected chi connectivity index (χ4v) is 3.59. The van der Waals surface area contributed by atoms with Crippen LogP contribution in [-0.2, 0) is 13.2 Å². The van der Waals surface area contributed by atoms with Crippen LogP contribution in [0.2, 0.25) is 10.0 Å². The number of ether oxygens (including phenoxy) is 1. The first-order valence-corrected chi connectivity index (χ1v) is 9.82. The van der Waals surface area contributed by atoms with Crippen molar-refractivity contribution in [1.29, 1.82) is 0 Å². The molecule has 140 valence electrons. The number of para-hydroxylation sites is 1. The Bertz CT molecular complexity index is 1110. The minimum absolute atomic E-state index is 0.488. The Morgan fingerprint density at radius 1 is 0.750 bits per heavy atom. The van der Waals surface area contributed by atoms with Gasteiger partial charge in [0.15, 0.2) is 0 Å². The zero-order chi connectivity index (χ0) is 19.3. The Morgan fingerprint density at radius 2 is 1.54 bits per heavy atom. The summed E-state index contributed by atoms with van der Waals surface area (Å²) in [5.74, 6) is 0.803. The van der Waals surface area contributed by atoms with Crippen LogP contribution in [0, 0.1) is 0 Å². The third-order valence-corrected chi connectivity index (χ3v) is 5.19. The van der Waals surface area contributed by atoms with Gasteiger partial charge in [0.2, 0.25) is 0 Å². The molecule has 4 heteroatoms. The standard InChI is InChI=1S/C24H19Cl2NO/c25-20-12-13-24(19(14-20)15-27-23-11-4-3-10-22(23)26)28-16-18-8-5-7-17-6-1-2-9-21(17)18/h1-14,27H,15-16H2. The van der Waals surface area contributed by atoms with E-state index in [4.69, 9.17) is 27.9 Å². The minimum atomic E-state index is 0.488. The lowest BCUT2D eigenvalue weighted by Gasteiger charge is -2.15. The molecule has 0 heterocycles. The van der Waals surface area contributed by atoms with E-state index >= 15 is 0 Å². The Labute approximate surface area is 174 Å². The molecule has 28 heavy (non-hydrogen) atoms. The Hall–Kier alpha value is -2.68. The molecule has 0 saturated heterocycles. The number of hydrogen-bond acceptors (Lipinski definition) is 2. The first-order chi connectivity index (χ1) is 13.7. The lowest BCUT2D eigenvalue weighted by Crippen LogP contribution is -2.04. The van der Waals surface area contributed by atoms with Gasteiger partial charge in [-0.05, 0) is 46.7 Å². The second kappa shape index (κ2) is 8.55. The maximum absolute atomic E-state index is 6.24.